The van der Waals surface area contributed by atoms with Crippen molar-refractivity contribution in [1.82, 2.24) is 10.2 Å². The van der Waals surface area contributed by atoms with Crippen LogP contribution in [0.3, 0.4) is 0 Å². The predicted molar refractivity (Wildman–Crippen MR) is 83.3 cm³/mol. The number of benzene rings is 1. The Balaban J connectivity index is 0.00000441. The van der Waals surface area contributed by atoms with E-state index < -0.39 is 11.7 Å². The van der Waals surface area contributed by atoms with Crippen LogP contribution >= 0.6 is 12.4 Å². The molecular formula is C15H22ClF3N2O. The van der Waals surface area contributed by atoms with Gasteiger partial charge in [0, 0.05) is 26.6 Å². The van der Waals surface area contributed by atoms with Gasteiger partial charge in [0.2, 0.25) is 5.91 Å². The summed E-state index contributed by atoms with van der Waals surface area (Å²) in [6.45, 7) is 3.02. The molecule has 0 aliphatic heterocycles. The molecule has 0 fully saturated rings. The highest BCUT2D eigenvalue weighted by Gasteiger charge is 2.30. The lowest BCUT2D eigenvalue weighted by Gasteiger charge is -2.20. The predicted octanol–water partition coefficient (Wildman–Crippen LogP) is 3.30. The molecule has 0 aliphatic rings. The molecule has 0 aliphatic carbocycles. The van der Waals surface area contributed by atoms with E-state index in [-0.39, 0.29) is 30.7 Å². The topological polar surface area (TPSA) is 32.3 Å². The number of carbonyl (C=O) groups excluding carboxylic acids is 1. The number of amides is 1. The average molecular weight is 339 g/mol. The van der Waals surface area contributed by atoms with Crippen molar-refractivity contribution in [3.05, 3.63) is 35.4 Å². The maximum Gasteiger partial charge on any atom is 0.416 e. The first-order valence-corrected chi connectivity index (χ1v) is 6.81. The molecular weight excluding hydrogens is 317 g/mol. The Kier molecular flexibility index (Phi) is 8.48. The average Bonchev–Trinajstić information content (AvgIpc) is 2.43. The summed E-state index contributed by atoms with van der Waals surface area (Å²) in [4.78, 5) is 13.6. The molecule has 0 bridgehead atoms. The van der Waals surface area contributed by atoms with Gasteiger partial charge in [0.1, 0.15) is 0 Å². The number of likely N-dealkylation sites (N-methyl/N-ethyl adjacent to an activating group) is 2. The van der Waals surface area contributed by atoms with Crippen LogP contribution < -0.4 is 5.32 Å². The second kappa shape index (κ2) is 9.00. The quantitative estimate of drug-likeness (QED) is 0.863. The zero-order chi connectivity index (χ0) is 16.0. The van der Waals surface area contributed by atoms with Crippen LogP contribution in [0, 0.1) is 0 Å². The zero-order valence-electron chi connectivity index (χ0n) is 12.9. The van der Waals surface area contributed by atoms with Gasteiger partial charge in [0.15, 0.2) is 0 Å². The molecule has 0 radical (unpaired) electrons. The molecule has 0 spiro atoms. The second-order valence-corrected chi connectivity index (χ2v) is 5.15. The standard InChI is InChI=1S/C15H21F3N2O.ClH/c1-11(9-14(21)20(3)8-7-19-2)12-5-4-6-13(10-12)15(16,17)18;/h4-6,10-11,19H,7-9H2,1-3H3;1H. The summed E-state index contributed by atoms with van der Waals surface area (Å²) in [5, 5.41) is 2.94. The van der Waals surface area contributed by atoms with E-state index >= 15 is 0 Å². The Morgan fingerprint density at radius 3 is 2.55 bits per heavy atom. The minimum atomic E-state index is -4.36. The lowest BCUT2D eigenvalue weighted by Crippen LogP contribution is -2.33. The molecule has 7 heteroatoms. The van der Waals surface area contributed by atoms with Gasteiger partial charge in [-0.15, -0.1) is 12.4 Å². The lowest BCUT2D eigenvalue weighted by atomic mass is 9.95. The number of nitrogens with one attached hydrogen (secondary N) is 1. The molecule has 3 nitrogen and oxygen atoms in total. The normalized spacial score (nSPS) is 12.5. The minimum Gasteiger partial charge on any atom is -0.344 e. The van der Waals surface area contributed by atoms with E-state index in [1.54, 1.807) is 32.0 Å². The molecule has 126 valence electrons. The first-order chi connectivity index (χ1) is 9.75. The number of hydrogen-bond donors (Lipinski definition) is 1. The second-order valence-electron chi connectivity index (χ2n) is 5.15. The number of nitrogens with zero attached hydrogens (tertiary/aromatic N) is 1. The zero-order valence-corrected chi connectivity index (χ0v) is 13.7. The third kappa shape index (κ3) is 6.23. The number of rotatable bonds is 6. The Morgan fingerprint density at radius 2 is 2.00 bits per heavy atom. The molecule has 0 saturated carbocycles. The summed E-state index contributed by atoms with van der Waals surface area (Å²) < 4.78 is 38.0. The van der Waals surface area contributed by atoms with E-state index in [9.17, 15) is 18.0 Å². The number of alkyl halides is 3. The molecule has 1 unspecified atom stereocenters. The van der Waals surface area contributed by atoms with E-state index in [0.29, 0.717) is 18.7 Å². The highest BCUT2D eigenvalue weighted by Crippen LogP contribution is 2.31. The van der Waals surface area contributed by atoms with Gasteiger partial charge in [-0.25, -0.2) is 0 Å². The van der Waals surface area contributed by atoms with E-state index in [1.165, 1.54) is 6.07 Å². The first kappa shape index (κ1) is 20.7. The van der Waals surface area contributed by atoms with Gasteiger partial charge in [0.25, 0.3) is 0 Å². The van der Waals surface area contributed by atoms with Crippen LogP contribution in [0.4, 0.5) is 13.2 Å². The Morgan fingerprint density at radius 1 is 1.36 bits per heavy atom. The van der Waals surface area contributed by atoms with Crippen molar-refractivity contribution >= 4 is 18.3 Å². The van der Waals surface area contributed by atoms with Gasteiger partial charge >= 0.3 is 6.18 Å². The first-order valence-electron chi connectivity index (χ1n) is 6.81. The molecule has 1 rings (SSSR count). The Hall–Kier alpha value is -1.27. The van der Waals surface area contributed by atoms with Crippen molar-refractivity contribution in [2.75, 3.05) is 27.2 Å². The molecule has 1 N–H and O–H groups in total. The molecule has 0 heterocycles. The summed E-state index contributed by atoms with van der Waals surface area (Å²) in [6, 6.07) is 5.16. The number of hydrogen-bond acceptors (Lipinski definition) is 2. The SMILES string of the molecule is CNCCN(C)C(=O)CC(C)c1cccc(C(F)(F)F)c1.Cl. The van der Waals surface area contributed by atoms with Crippen molar-refractivity contribution in [2.24, 2.45) is 0 Å². The third-order valence-electron chi connectivity index (χ3n) is 3.39. The van der Waals surface area contributed by atoms with Crippen molar-refractivity contribution in [2.45, 2.75) is 25.4 Å². The fourth-order valence-corrected chi connectivity index (χ4v) is 1.96. The van der Waals surface area contributed by atoms with Crippen LogP contribution in [0.2, 0.25) is 0 Å². The third-order valence-corrected chi connectivity index (χ3v) is 3.39. The summed E-state index contributed by atoms with van der Waals surface area (Å²) in [5.41, 5.74) is -0.150. The van der Waals surface area contributed by atoms with Crippen LogP contribution in [0.1, 0.15) is 30.4 Å². The van der Waals surface area contributed by atoms with Crippen LogP contribution in [-0.2, 0) is 11.0 Å². The van der Waals surface area contributed by atoms with Gasteiger partial charge in [-0.1, -0.05) is 25.1 Å². The molecule has 0 aromatic heterocycles. The fraction of sp³-hybridized carbons (Fsp3) is 0.533. The monoisotopic (exact) mass is 338 g/mol. The van der Waals surface area contributed by atoms with Gasteiger partial charge in [0.05, 0.1) is 5.56 Å². The van der Waals surface area contributed by atoms with Crippen LogP contribution in [0.5, 0.6) is 0 Å². The van der Waals surface area contributed by atoms with E-state index in [0.717, 1.165) is 12.1 Å². The van der Waals surface area contributed by atoms with Gasteiger partial charge in [-0.05, 0) is 24.6 Å². The molecule has 1 aromatic rings. The van der Waals surface area contributed by atoms with Crippen molar-refractivity contribution in [3.63, 3.8) is 0 Å². The van der Waals surface area contributed by atoms with Gasteiger partial charge in [-0.2, -0.15) is 13.2 Å². The smallest absolute Gasteiger partial charge is 0.344 e. The highest BCUT2D eigenvalue weighted by molar-refractivity contribution is 5.85. The van der Waals surface area contributed by atoms with Crippen LogP contribution in [-0.4, -0.2) is 38.0 Å². The molecule has 1 aromatic carbocycles. The largest absolute Gasteiger partial charge is 0.416 e. The van der Waals surface area contributed by atoms with E-state index in [4.69, 9.17) is 0 Å². The molecule has 22 heavy (non-hydrogen) atoms. The number of halogens is 4. The van der Waals surface area contributed by atoms with E-state index in [1.807, 2.05) is 0 Å². The van der Waals surface area contributed by atoms with E-state index in [2.05, 4.69) is 5.32 Å². The maximum absolute atomic E-state index is 12.7. The van der Waals surface area contributed by atoms with Gasteiger partial charge < -0.3 is 10.2 Å². The Labute approximate surface area is 135 Å². The molecule has 1 atom stereocenters. The van der Waals surface area contributed by atoms with Crippen molar-refractivity contribution in [1.29, 1.82) is 0 Å². The minimum absolute atomic E-state index is 0. The van der Waals surface area contributed by atoms with Crippen LogP contribution in [0.15, 0.2) is 24.3 Å². The van der Waals surface area contributed by atoms with Crippen molar-refractivity contribution < 1.29 is 18.0 Å². The number of carbonyl (C=O) groups is 1. The lowest BCUT2D eigenvalue weighted by molar-refractivity contribution is -0.137. The summed E-state index contributed by atoms with van der Waals surface area (Å²) >= 11 is 0. The highest BCUT2D eigenvalue weighted by atomic mass is 35.5. The van der Waals surface area contributed by atoms with Gasteiger partial charge in [-0.3, -0.25) is 4.79 Å². The molecule has 1 amide bonds. The molecule has 0 saturated heterocycles. The summed E-state index contributed by atoms with van der Waals surface area (Å²) in [5.74, 6) is -0.327. The fourth-order valence-electron chi connectivity index (χ4n) is 1.96. The summed E-state index contributed by atoms with van der Waals surface area (Å²) in [7, 11) is 3.49. The maximum atomic E-state index is 12.7. The Bertz CT molecular complexity index is 480. The van der Waals surface area contributed by atoms with Crippen LogP contribution in [0.25, 0.3) is 0 Å². The van der Waals surface area contributed by atoms with Crippen molar-refractivity contribution in [3.8, 4) is 0 Å². The summed E-state index contributed by atoms with van der Waals surface area (Å²) in [6.07, 6.45) is -4.16.